The zero-order valence-corrected chi connectivity index (χ0v) is 35.7. The molecule has 0 aromatic carbocycles. The Morgan fingerprint density at radius 2 is 0.865 bits per heavy atom. The molecule has 1 unspecified atom stereocenters. The SMILES string of the molecule is CCCCCCCCCCCCCCCCCCCCCC(=O)OC[C@H](COP(=O)([O-])OCC[N+](C)(C)C)OC(=O)CCCCCCCCCCC. The summed E-state index contributed by atoms with van der Waals surface area (Å²) in [6.07, 6.45) is 34.2. The van der Waals surface area contributed by atoms with E-state index >= 15 is 0 Å². The van der Waals surface area contributed by atoms with Gasteiger partial charge in [0.1, 0.15) is 19.8 Å². The summed E-state index contributed by atoms with van der Waals surface area (Å²) in [7, 11) is 1.18. The van der Waals surface area contributed by atoms with Gasteiger partial charge < -0.3 is 27.9 Å². The molecular formula is C42H84NO8P. The Balaban J connectivity index is 4.20. The van der Waals surface area contributed by atoms with Gasteiger partial charge in [-0.05, 0) is 12.8 Å². The van der Waals surface area contributed by atoms with Gasteiger partial charge in [0.15, 0.2) is 6.10 Å². The number of quaternary nitrogens is 1. The first-order chi connectivity index (χ1) is 25.0. The lowest BCUT2D eigenvalue weighted by atomic mass is 10.0. The van der Waals surface area contributed by atoms with Crippen LogP contribution in [0.1, 0.15) is 206 Å². The van der Waals surface area contributed by atoms with E-state index in [0.717, 1.165) is 38.5 Å². The first kappa shape index (κ1) is 51.0. The highest BCUT2D eigenvalue weighted by Gasteiger charge is 2.21. The molecule has 0 rings (SSSR count). The zero-order chi connectivity index (χ0) is 38.6. The van der Waals surface area contributed by atoms with Crippen LogP contribution in [-0.4, -0.2) is 70.0 Å². The van der Waals surface area contributed by atoms with Crippen molar-refractivity contribution in [3.63, 3.8) is 0 Å². The van der Waals surface area contributed by atoms with E-state index in [1.54, 1.807) is 0 Å². The van der Waals surface area contributed by atoms with Crippen molar-refractivity contribution < 1.29 is 42.1 Å². The number of phosphoric ester groups is 1. The Bertz CT molecular complexity index is 865. The summed E-state index contributed by atoms with van der Waals surface area (Å²) in [4.78, 5) is 37.4. The summed E-state index contributed by atoms with van der Waals surface area (Å²) < 4.78 is 33.8. The lowest BCUT2D eigenvalue weighted by Gasteiger charge is -2.28. The lowest BCUT2D eigenvalue weighted by Crippen LogP contribution is -2.37. The highest BCUT2D eigenvalue weighted by atomic mass is 31.2. The number of ether oxygens (including phenoxy) is 2. The molecule has 0 aliphatic heterocycles. The molecule has 0 aromatic heterocycles. The molecule has 2 atom stereocenters. The van der Waals surface area contributed by atoms with Crippen LogP contribution in [0.15, 0.2) is 0 Å². The van der Waals surface area contributed by atoms with Crippen molar-refractivity contribution in [3.05, 3.63) is 0 Å². The van der Waals surface area contributed by atoms with Crippen LogP contribution in [0.25, 0.3) is 0 Å². The molecule has 0 N–H and O–H groups in total. The minimum Gasteiger partial charge on any atom is -0.756 e. The fourth-order valence-corrected chi connectivity index (χ4v) is 6.91. The van der Waals surface area contributed by atoms with Crippen molar-refractivity contribution in [2.75, 3.05) is 47.5 Å². The molecule has 0 spiro atoms. The molecule has 52 heavy (non-hydrogen) atoms. The number of phosphoric acid groups is 1. The molecule has 0 amide bonds. The van der Waals surface area contributed by atoms with Crippen molar-refractivity contribution in [2.24, 2.45) is 0 Å². The fraction of sp³-hybridized carbons (Fsp3) is 0.952. The first-order valence-electron chi connectivity index (χ1n) is 21.7. The van der Waals surface area contributed by atoms with Gasteiger partial charge in [0, 0.05) is 12.8 Å². The fourth-order valence-electron chi connectivity index (χ4n) is 6.18. The predicted octanol–water partition coefficient (Wildman–Crippen LogP) is 11.4. The summed E-state index contributed by atoms with van der Waals surface area (Å²) in [5, 5.41) is 0. The first-order valence-corrected chi connectivity index (χ1v) is 23.2. The molecule has 9 nitrogen and oxygen atoms in total. The molecule has 0 saturated carbocycles. The van der Waals surface area contributed by atoms with E-state index in [4.69, 9.17) is 18.5 Å². The molecule has 0 heterocycles. The largest absolute Gasteiger partial charge is 0.756 e. The Morgan fingerprint density at radius 1 is 0.519 bits per heavy atom. The van der Waals surface area contributed by atoms with Gasteiger partial charge in [-0.2, -0.15) is 0 Å². The number of unbranched alkanes of at least 4 members (excludes halogenated alkanes) is 26. The summed E-state index contributed by atoms with van der Waals surface area (Å²) in [6.45, 7) is 4.23. The van der Waals surface area contributed by atoms with E-state index in [1.165, 1.54) is 135 Å². The van der Waals surface area contributed by atoms with Gasteiger partial charge in [-0.25, -0.2) is 0 Å². The van der Waals surface area contributed by atoms with Gasteiger partial charge in [0.25, 0.3) is 7.82 Å². The van der Waals surface area contributed by atoms with Gasteiger partial charge >= 0.3 is 11.9 Å². The number of likely N-dealkylation sites (N-methyl/N-ethyl adjacent to an activating group) is 1. The number of esters is 2. The van der Waals surface area contributed by atoms with Gasteiger partial charge in [0.05, 0.1) is 27.7 Å². The van der Waals surface area contributed by atoms with Gasteiger partial charge in [-0.15, -0.1) is 0 Å². The molecule has 310 valence electrons. The van der Waals surface area contributed by atoms with Crippen molar-refractivity contribution in [3.8, 4) is 0 Å². The van der Waals surface area contributed by atoms with Crippen LogP contribution >= 0.6 is 7.82 Å². The topological polar surface area (TPSA) is 111 Å². The molecule has 0 aliphatic carbocycles. The number of carbonyl (C=O) groups is 2. The van der Waals surface area contributed by atoms with Crippen LogP contribution in [0.4, 0.5) is 0 Å². The maximum Gasteiger partial charge on any atom is 0.306 e. The molecule has 0 saturated heterocycles. The molecule has 0 fully saturated rings. The average Bonchev–Trinajstić information content (AvgIpc) is 3.09. The normalized spacial score (nSPS) is 13.6. The monoisotopic (exact) mass is 762 g/mol. The minimum atomic E-state index is -4.61. The van der Waals surface area contributed by atoms with E-state index in [0.29, 0.717) is 17.4 Å². The van der Waals surface area contributed by atoms with Crippen LogP contribution in [0.2, 0.25) is 0 Å². The van der Waals surface area contributed by atoms with Gasteiger partial charge in [0.2, 0.25) is 0 Å². The standard InChI is InChI=1S/C42H84NO8P/c1-6-8-10-12-14-16-17-18-19-20-21-22-23-24-25-27-28-30-32-34-41(44)48-38-40(39-50-52(46,47)49-37-36-43(3,4)5)51-42(45)35-33-31-29-26-15-13-11-9-7-2/h40H,6-39H2,1-5H3/t40-/m1/s1. The maximum atomic E-state index is 12.6. The van der Waals surface area contributed by atoms with Crippen molar-refractivity contribution >= 4 is 19.8 Å². The predicted molar refractivity (Wildman–Crippen MR) is 213 cm³/mol. The van der Waals surface area contributed by atoms with Crippen molar-refractivity contribution in [1.29, 1.82) is 0 Å². The molecule has 0 aliphatic rings. The van der Waals surface area contributed by atoms with E-state index < -0.39 is 26.5 Å². The number of hydrogen-bond donors (Lipinski definition) is 0. The van der Waals surface area contributed by atoms with Gasteiger partial charge in [-0.1, -0.05) is 181 Å². The van der Waals surface area contributed by atoms with Crippen LogP contribution in [0.3, 0.4) is 0 Å². The third kappa shape index (κ3) is 38.7. The van der Waals surface area contributed by atoms with E-state index in [9.17, 15) is 19.0 Å². The van der Waals surface area contributed by atoms with E-state index in [2.05, 4.69) is 13.8 Å². The summed E-state index contributed by atoms with van der Waals surface area (Å²) in [6, 6.07) is 0. The Morgan fingerprint density at radius 3 is 1.23 bits per heavy atom. The average molecular weight is 762 g/mol. The molecule has 0 bridgehead atoms. The van der Waals surface area contributed by atoms with E-state index in [1.807, 2.05) is 21.1 Å². The van der Waals surface area contributed by atoms with Crippen LogP contribution in [-0.2, 0) is 32.7 Å². The molecular weight excluding hydrogens is 677 g/mol. The Labute approximate surface area is 321 Å². The third-order valence-electron chi connectivity index (χ3n) is 9.63. The minimum absolute atomic E-state index is 0.0260. The Hall–Kier alpha value is -0.990. The van der Waals surface area contributed by atoms with Crippen molar-refractivity contribution in [2.45, 2.75) is 213 Å². The summed E-state index contributed by atoms with van der Waals surface area (Å²) >= 11 is 0. The quantitative estimate of drug-likeness (QED) is 0.0263. The van der Waals surface area contributed by atoms with Crippen molar-refractivity contribution in [1.82, 2.24) is 0 Å². The molecule has 0 aromatic rings. The second-order valence-corrected chi connectivity index (χ2v) is 17.5. The van der Waals surface area contributed by atoms with Crippen LogP contribution < -0.4 is 4.89 Å². The Kier molecular flexibility index (Phi) is 35.0. The van der Waals surface area contributed by atoms with E-state index in [-0.39, 0.29) is 32.0 Å². The molecule has 10 heteroatoms. The molecule has 0 radical (unpaired) electrons. The third-order valence-corrected chi connectivity index (χ3v) is 10.6. The maximum absolute atomic E-state index is 12.6. The highest BCUT2D eigenvalue weighted by Crippen LogP contribution is 2.38. The second kappa shape index (κ2) is 35.7. The number of carbonyl (C=O) groups excluding carboxylic acids is 2. The number of hydrogen-bond acceptors (Lipinski definition) is 8. The van der Waals surface area contributed by atoms with Gasteiger partial charge in [-0.3, -0.25) is 14.2 Å². The zero-order valence-electron chi connectivity index (χ0n) is 34.8. The number of nitrogens with zero attached hydrogens (tertiary/aromatic N) is 1. The second-order valence-electron chi connectivity index (χ2n) is 16.1. The summed E-state index contributed by atoms with van der Waals surface area (Å²) in [5.74, 6) is -0.824. The van der Waals surface area contributed by atoms with Crippen LogP contribution in [0.5, 0.6) is 0 Å². The number of rotatable bonds is 40. The highest BCUT2D eigenvalue weighted by molar-refractivity contribution is 7.45. The summed E-state index contributed by atoms with van der Waals surface area (Å²) in [5.41, 5.74) is 0. The van der Waals surface area contributed by atoms with Crippen LogP contribution in [0, 0.1) is 0 Å². The smallest absolute Gasteiger partial charge is 0.306 e. The lowest BCUT2D eigenvalue weighted by molar-refractivity contribution is -0.870.